The number of nitrogens with one attached hydrogen (secondary N) is 2. The van der Waals surface area contributed by atoms with Crippen LogP contribution in [0.15, 0.2) is 29.3 Å². The van der Waals surface area contributed by atoms with Crippen LogP contribution in [0.1, 0.15) is 19.4 Å². The van der Waals surface area contributed by atoms with Crippen LogP contribution in [0, 0.1) is 0 Å². The Morgan fingerprint density at radius 1 is 1.24 bits per heavy atom. The molecule has 0 unspecified atom stereocenters. The lowest BCUT2D eigenvalue weighted by Crippen LogP contribution is -2.54. The van der Waals surface area contributed by atoms with Gasteiger partial charge in [-0.2, -0.15) is 0 Å². The fraction of sp³-hybridized carbons (Fsp3) is 0.550. The van der Waals surface area contributed by atoms with E-state index in [1.807, 2.05) is 32.0 Å². The molecule has 0 saturated carbocycles. The predicted octanol–water partition coefficient (Wildman–Crippen LogP) is -0.232. The maximum Gasteiger partial charge on any atom is 0.255 e. The average Bonchev–Trinajstić information content (AvgIpc) is 2.67. The summed E-state index contributed by atoms with van der Waals surface area (Å²) in [5.41, 5.74) is 6.12. The molecule has 9 nitrogen and oxygen atoms in total. The number of rotatable bonds is 8. The van der Waals surface area contributed by atoms with Gasteiger partial charge in [0.2, 0.25) is 5.91 Å². The number of hydrogen-bond acceptors (Lipinski definition) is 5. The van der Waals surface area contributed by atoms with Crippen molar-refractivity contribution in [1.82, 2.24) is 20.4 Å². The molecular formula is C20H32N6O3. The Morgan fingerprint density at radius 2 is 1.97 bits per heavy atom. The number of guanidine groups is 1. The molecule has 4 N–H and O–H groups in total. The smallest absolute Gasteiger partial charge is 0.255 e. The zero-order valence-electron chi connectivity index (χ0n) is 17.5. The van der Waals surface area contributed by atoms with Crippen molar-refractivity contribution < 1.29 is 14.3 Å². The zero-order valence-corrected chi connectivity index (χ0v) is 17.5. The molecule has 1 aromatic carbocycles. The van der Waals surface area contributed by atoms with Crippen molar-refractivity contribution in [3.8, 4) is 5.75 Å². The second-order valence-corrected chi connectivity index (χ2v) is 7.29. The second-order valence-electron chi connectivity index (χ2n) is 7.29. The molecule has 0 spiro atoms. The number of primary amides is 1. The number of ether oxygens (including phenoxy) is 1. The van der Waals surface area contributed by atoms with Crippen LogP contribution < -0.4 is 21.1 Å². The number of nitrogens with zero attached hydrogens (tertiary/aromatic N) is 3. The summed E-state index contributed by atoms with van der Waals surface area (Å²) in [4.78, 5) is 31.5. The van der Waals surface area contributed by atoms with Gasteiger partial charge in [-0.05, 0) is 31.5 Å². The molecule has 1 aliphatic heterocycles. The molecule has 1 aromatic rings. The first kappa shape index (κ1) is 22.5. The molecule has 1 fully saturated rings. The van der Waals surface area contributed by atoms with Crippen molar-refractivity contribution in [3.05, 3.63) is 29.8 Å². The van der Waals surface area contributed by atoms with E-state index in [0.717, 1.165) is 37.7 Å². The minimum Gasteiger partial charge on any atom is -0.484 e. The lowest BCUT2D eigenvalue weighted by atomic mass is 10.2. The van der Waals surface area contributed by atoms with Gasteiger partial charge in [-0.15, -0.1) is 0 Å². The van der Waals surface area contributed by atoms with Gasteiger partial charge >= 0.3 is 0 Å². The Labute approximate surface area is 172 Å². The molecule has 1 heterocycles. The van der Waals surface area contributed by atoms with Crippen LogP contribution in [-0.2, 0) is 16.1 Å². The number of hydrogen-bond donors (Lipinski definition) is 3. The van der Waals surface area contributed by atoms with Gasteiger partial charge in [-0.25, -0.2) is 0 Å². The minimum absolute atomic E-state index is 0.0643. The number of carbonyl (C=O) groups excluding carboxylic acids is 2. The number of nitrogens with two attached hydrogens (primary N) is 1. The average molecular weight is 405 g/mol. The Morgan fingerprint density at radius 3 is 2.59 bits per heavy atom. The van der Waals surface area contributed by atoms with E-state index >= 15 is 0 Å². The summed E-state index contributed by atoms with van der Waals surface area (Å²) < 4.78 is 5.34. The first-order valence-electron chi connectivity index (χ1n) is 9.84. The molecular weight excluding hydrogens is 372 g/mol. The zero-order chi connectivity index (χ0) is 21.2. The maximum atomic E-state index is 11.9. The molecule has 1 saturated heterocycles. The highest BCUT2D eigenvalue weighted by Crippen LogP contribution is 2.13. The largest absolute Gasteiger partial charge is 0.484 e. The summed E-state index contributed by atoms with van der Waals surface area (Å²) in [5, 5.41) is 6.29. The highest BCUT2D eigenvalue weighted by molar-refractivity contribution is 5.80. The molecule has 0 aliphatic carbocycles. The maximum absolute atomic E-state index is 11.9. The van der Waals surface area contributed by atoms with E-state index in [2.05, 4.69) is 25.4 Å². The van der Waals surface area contributed by atoms with Crippen LogP contribution in [0.4, 0.5) is 0 Å². The van der Waals surface area contributed by atoms with E-state index in [4.69, 9.17) is 10.5 Å². The molecule has 0 aromatic heterocycles. The number of piperazine rings is 1. The summed E-state index contributed by atoms with van der Waals surface area (Å²) in [7, 11) is 1.76. The van der Waals surface area contributed by atoms with Gasteiger partial charge in [-0.1, -0.05) is 12.1 Å². The van der Waals surface area contributed by atoms with E-state index in [1.54, 1.807) is 13.1 Å². The number of carbonyl (C=O) groups is 2. The van der Waals surface area contributed by atoms with Crippen molar-refractivity contribution >= 4 is 17.8 Å². The molecule has 2 amide bonds. The van der Waals surface area contributed by atoms with Crippen molar-refractivity contribution in [2.75, 3.05) is 46.4 Å². The lowest BCUT2D eigenvalue weighted by Gasteiger charge is -2.36. The third kappa shape index (κ3) is 7.98. The van der Waals surface area contributed by atoms with Crippen LogP contribution in [0.25, 0.3) is 0 Å². The summed E-state index contributed by atoms with van der Waals surface area (Å²) in [6.07, 6.45) is 0. The van der Waals surface area contributed by atoms with E-state index in [1.165, 1.54) is 0 Å². The van der Waals surface area contributed by atoms with Gasteiger partial charge in [0.15, 0.2) is 12.6 Å². The van der Waals surface area contributed by atoms with Gasteiger partial charge < -0.3 is 26.0 Å². The molecule has 9 heteroatoms. The summed E-state index contributed by atoms with van der Waals surface area (Å²) >= 11 is 0. The van der Waals surface area contributed by atoms with Crippen molar-refractivity contribution in [2.45, 2.75) is 26.4 Å². The topological polar surface area (TPSA) is 112 Å². The molecule has 0 atom stereocenters. The van der Waals surface area contributed by atoms with E-state index in [0.29, 0.717) is 18.8 Å². The molecule has 0 bridgehead atoms. The highest BCUT2D eigenvalue weighted by atomic mass is 16.5. The predicted molar refractivity (Wildman–Crippen MR) is 113 cm³/mol. The summed E-state index contributed by atoms with van der Waals surface area (Å²) in [6.45, 7) is 8.01. The Bertz CT molecular complexity index is 714. The van der Waals surface area contributed by atoms with Crippen LogP contribution >= 0.6 is 0 Å². The van der Waals surface area contributed by atoms with E-state index in [9.17, 15) is 9.59 Å². The van der Waals surface area contributed by atoms with Crippen LogP contribution in [0.3, 0.4) is 0 Å². The number of aliphatic imine (C=N–C) groups is 1. The third-order valence-electron chi connectivity index (χ3n) is 4.43. The quantitative estimate of drug-likeness (QED) is 0.408. The fourth-order valence-electron chi connectivity index (χ4n) is 3.10. The molecule has 160 valence electrons. The number of amides is 2. The van der Waals surface area contributed by atoms with E-state index < -0.39 is 5.91 Å². The van der Waals surface area contributed by atoms with Crippen molar-refractivity contribution in [2.24, 2.45) is 10.7 Å². The normalized spacial score (nSPS) is 15.3. The summed E-state index contributed by atoms with van der Waals surface area (Å²) in [6, 6.07) is 7.66. The van der Waals surface area contributed by atoms with E-state index in [-0.39, 0.29) is 18.6 Å². The van der Waals surface area contributed by atoms with Crippen molar-refractivity contribution in [3.63, 3.8) is 0 Å². The monoisotopic (exact) mass is 404 g/mol. The molecule has 0 radical (unpaired) electrons. The van der Waals surface area contributed by atoms with Gasteiger partial charge in [0.1, 0.15) is 5.75 Å². The SMILES string of the molecule is CN=C(NCc1cccc(OCC(N)=O)c1)N1CCN(CC(=O)NC(C)C)CC1. The van der Waals surface area contributed by atoms with Gasteiger partial charge in [-0.3, -0.25) is 19.5 Å². The van der Waals surface area contributed by atoms with Crippen LogP contribution in [0.5, 0.6) is 5.75 Å². The third-order valence-corrected chi connectivity index (χ3v) is 4.43. The minimum atomic E-state index is -0.505. The molecule has 2 rings (SSSR count). The first-order valence-corrected chi connectivity index (χ1v) is 9.84. The Balaban J connectivity index is 1.80. The second kappa shape index (κ2) is 11.3. The Hall–Kier alpha value is -2.81. The van der Waals surface area contributed by atoms with Gasteiger partial charge in [0, 0.05) is 45.8 Å². The fourth-order valence-corrected chi connectivity index (χ4v) is 3.10. The van der Waals surface area contributed by atoms with Crippen LogP contribution in [0.2, 0.25) is 0 Å². The molecule has 1 aliphatic rings. The highest BCUT2D eigenvalue weighted by Gasteiger charge is 2.21. The van der Waals surface area contributed by atoms with Gasteiger partial charge in [0.05, 0.1) is 6.54 Å². The van der Waals surface area contributed by atoms with Crippen molar-refractivity contribution in [1.29, 1.82) is 0 Å². The summed E-state index contributed by atoms with van der Waals surface area (Å²) in [5.74, 6) is 0.982. The Kier molecular flexibility index (Phi) is 8.72. The number of benzene rings is 1. The molecule has 29 heavy (non-hydrogen) atoms. The van der Waals surface area contributed by atoms with Gasteiger partial charge in [0.25, 0.3) is 5.91 Å². The lowest BCUT2D eigenvalue weighted by molar-refractivity contribution is -0.123. The first-order chi connectivity index (χ1) is 13.9. The van der Waals surface area contributed by atoms with Crippen LogP contribution in [-0.4, -0.2) is 80.0 Å². The standard InChI is InChI=1S/C20H32N6O3/c1-15(2)24-19(28)13-25-7-9-26(10-8-25)20(22-3)23-12-16-5-4-6-17(11-16)29-14-18(21)27/h4-6,11,15H,7-10,12-14H2,1-3H3,(H2,21,27)(H,22,23)(H,24,28).